The second kappa shape index (κ2) is 9.15. The molecule has 0 fully saturated rings. The van der Waals surface area contributed by atoms with E-state index in [0.29, 0.717) is 29.4 Å². The van der Waals surface area contributed by atoms with Gasteiger partial charge < -0.3 is 0 Å². The van der Waals surface area contributed by atoms with Gasteiger partial charge in [0.25, 0.3) is 0 Å². The zero-order valence-corrected chi connectivity index (χ0v) is 17.1. The van der Waals surface area contributed by atoms with Crippen molar-refractivity contribution in [1.29, 1.82) is 0 Å². The highest BCUT2D eigenvalue weighted by atomic mass is 32.2. The van der Waals surface area contributed by atoms with Crippen molar-refractivity contribution in [3.05, 3.63) is 84.4 Å². The molecule has 0 saturated carbocycles. The standard InChI is InChI=1S/C22H18FN3OS2/c23-18-9-4-10-19-21(18)25-22(29-19)26(15-16-6-5-12-24-14-16)20(27)11-13-28-17-7-2-1-3-8-17/h1-10,12,14H,11,13,15H2. The number of rotatable bonds is 7. The van der Waals surface area contributed by atoms with Crippen molar-refractivity contribution < 1.29 is 9.18 Å². The number of thioether (sulfide) groups is 1. The molecule has 0 aliphatic heterocycles. The van der Waals surface area contributed by atoms with Crippen molar-refractivity contribution in [1.82, 2.24) is 9.97 Å². The summed E-state index contributed by atoms with van der Waals surface area (Å²) < 4.78 is 14.8. The van der Waals surface area contributed by atoms with Gasteiger partial charge in [-0.25, -0.2) is 9.37 Å². The van der Waals surface area contributed by atoms with Crippen LogP contribution in [-0.4, -0.2) is 21.6 Å². The number of nitrogens with zero attached hydrogens (tertiary/aromatic N) is 3. The topological polar surface area (TPSA) is 46.1 Å². The Balaban J connectivity index is 1.55. The maximum atomic E-state index is 14.1. The molecule has 2 aromatic carbocycles. The number of pyridine rings is 1. The molecule has 4 aromatic rings. The predicted molar refractivity (Wildman–Crippen MR) is 117 cm³/mol. The van der Waals surface area contributed by atoms with Gasteiger partial charge in [0.1, 0.15) is 11.3 Å². The molecule has 4 nitrogen and oxygen atoms in total. The summed E-state index contributed by atoms with van der Waals surface area (Å²) in [7, 11) is 0. The number of anilines is 1. The summed E-state index contributed by atoms with van der Waals surface area (Å²) in [6, 6.07) is 18.6. The van der Waals surface area contributed by atoms with Crippen LogP contribution in [0.25, 0.3) is 10.2 Å². The lowest BCUT2D eigenvalue weighted by Crippen LogP contribution is -2.30. The maximum absolute atomic E-state index is 14.1. The summed E-state index contributed by atoms with van der Waals surface area (Å²) in [5.74, 6) is 0.237. The number of hydrogen-bond donors (Lipinski definition) is 0. The maximum Gasteiger partial charge on any atom is 0.229 e. The Bertz CT molecular complexity index is 1100. The molecule has 2 heterocycles. The number of benzene rings is 2. The molecule has 0 aliphatic rings. The van der Waals surface area contributed by atoms with Gasteiger partial charge in [-0.3, -0.25) is 14.7 Å². The Hall–Kier alpha value is -2.77. The minimum Gasteiger partial charge on any atom is -0.284 e. The van der Waals surface area contributed by atoms with Crippen LogP contribution in [0.5, 0.6) is 0 Å². The molecular formula is C22H18FN3OS2. The smallest absolute Gasteiger partial charge is 0.229 e. The molecule has 146 valence electrons. The SMILES string of the molecule is O=C(CCSc1ccccc1)N(Cc1cccnc1)c1nc2c(F)cccc2s1. The molecular weight excluding hydrogens is 405 g/mol. The largest absolute Gasteiger partial charge is 0.284 e. The predicted octanol–water partition coefficient (Wildman–Crippen LogP) is 5.55. The van der Waals surface area contributed by atoms with E-state index in [1.807, 2.05) is 48.5 Å². The van der Waals surface area contributed by atoms with Gasteiger partial charge >= 0.3 is 0 Å². The Morgan fingerprint density at radius 1 is 1.07 bits per heavy atom. The fourth-order valence-electron chi connectivity index (χ4n) is 2.86. The summed E-state index contributed by atoms with van der Waals surface area (Å²) in [6.07, 6.45) is 3.78. The molecule has 2 aromatic heterocycles. The van der Waals surface area contributed by atoms with Crippen molar-refractivity contribution in [2.45, 2.75) is 17.9 Å². The van der Waals surface area contributed by atoms with Crippen LogP contribution in [0.15, 0.2) is 78.0 Å². The van der Waals surface area contributed by atoms with Gasteiger partial charge in [-0.05, 0) is 35.9 Å². The molecule has 0 aliphatic carbocycles. The number of fused-ring (bicyclic) bond motifs is 1. The van der Waals surface area contributed by atoms with Crippen LogP contribution in [0.4, 0.5) is 9.52 Å². The number of thiazole rings is 1. The van der Waals surface area contributed by atoms with Gasteiger partial charge in [-0.1, -0.05) is 41.7 Å². The minimum absolute atomic E-state index is 0.0447. The van der Waals surface area contributed by atoms with Crippen molar-refractivity contribution in [2.24, 2.45) is 0 Å². The van der Waals surface area contributed by atoms with Crippen LogP contribution < -0.4 is 4.90 Å². The monoisotopic (exact) mass is 423 g/mol. The van der Waals surface area contributed by atoms with Crippen molar-refractivity contribution in [3.8, 4) is 0 Å². The third kappa shape index (κ3) is 4.81. The van der Waals surface area contributed by atoms with Crippen LogP contribution >= 0.6 is 23.1 Å². The minimum atomic E-state index is -0.376. The van der Waals surface area contributed by atoms with Gasteiger partial charge in [0, 0.05) is 29.5 Å². The number of carbonyl (C=O) groups excluding carboxylic acids is 1. The quantitative estimate of drug-likeness (QED) is 0.366. The fraction of sp³-hybridized carbons (Fsp3) is 0.136. The summed E-state index contributed by atoms with van der Waals surface area (Å²) in [5.41, 5.74) is 1.20. The zero-order valence-electron chi connectivity index (χ0n) is 15.5. The molecule has 0 bridgehead atoms. The van der Waals surface area contributed by atoms with Gasteiger partial charge in [0.2, 0.25) is 5.91 Å². The number of para-hydroxylation sites is 1. The first-order valence-electron chi connectivity index (χ1n) is 9.13. The highest BCUT2D eigenvalue weighted by molar-refractivity contribution is 7.99. The Morgan fingerprint density at radius 2 is 1.93 bits per heavy atom. The zero-order chi connectivity index (χ0) is 20.1. The lowest BCUT2D eigenvalue weighted by Gasteiger charge is -2.20. The second-order valence-corrected chi connectivity index (χ2v) is 8.51. The summed E-state index contributed by atoms with van der Waals surface area (Å²) >= 11 is 2.96. The van der Waals surface area contributed by atoms with Crippen LogP contribution in [-0.2, 0) is 11.3 Å². The van der Waals surface area contributed by atoms with E-state index in [0.717, 1.165) is 15.2 Å². The average molecular weight is 424 g/mol. The Morgan fingerprint density at radius 3 is 2.69 bits per heavy atom. The molecule has 29 heavy (non-hydrogen) atoms. The Labute approximate surface area is 176 Å². The summed E-state index contributed by atoms with van der Waals surface area (Å²) in [5, 5.41) is 0.503. The van der Waals surface area contributed by atoms with E-state index in [1.165, 1.54) is 17.4 Å². The van der Waals surface area contributed by atoms with Crippen LogP contribution in [0.1, 0.15) is 12.0 Å². The Kier molecular flexibility index (Phi) is 6.17. The van der Waals surface area contributed by atoms with Crippen LogP contribution in [0, 0.1) is 5.82 Å². The summed E-state index contributed by atoms with van der Waals surface area (Å²) in [4.78, 5) is 24.4. The van der Waals surface area contributed by atoms with E-state index >= 15 is 0 Å². The number of carbonyl (C=O) groups is 1. The van der Waals surface area contributed by atoms with Gasteiger partial charge in [0.15, 0.2) is 5.13 Å². The van der Waals surface area contributed by atoms with Crippen molar-refractivity contribution in [3.63, 3.8) is 0 Å². The van der Waals surface area contributed by atoms with Gasteiger partial charge in [-0.15, -0.1) is 11.8 Å². The average Bonchev–Trinajstić information content (AvgIpc) is 3.19. The van der Waals surface area contributed by atoms with Gasteiger partial charge in [-0.2, -0.15) is 0 Å². The highest BCUT2D eigenvalue weighted by Crippen LogP contribution is 2.31. The van der Waals surface area contributed by atoms with Crippen molar-refractivity contribution >= 4 is 44.4 Å². The van der Waals surface area contributed by atoms with E-state index in [1.54, 1.807) is 35.1 Å². The number of amides is 1. The normalized spacial score (nSPS) is 10.9. The fourth-order valence-corrected chi connectivity index (χ4v) is 4.72. The number of hydrogen-bond acceptors (Lipinski definition) is 5. The van der Waals surface area contributed by atoms with E-state index < -0.39 is 0 Å². The van der Waals surface area contributed by atoms with E-state index in [2.05, 4.69) is 9.97 Å². The molecule has 0 N–H and O–H groups in total. The molecule has 1 amide bonds. The lowest BCUT2D eigenvalue weighted by molar-refractivity contribution is -0.118. The van der Waals surface area contributed by atoms with Crippen molar-refractivity contribution in [2.75, 3.05) is 10.7 Å². The summed E-state index contributed by atoms with van der Waals surface area (Å²) in [6.45, 7) is 0.351. The first kappa shape index (κ1) is 19.5. The molecule has 0 unspecified atom stereocenters. The van der Waals surface area contributed by atoms with E-state index in [4.69, 9.17) is 0 Å². The molecule has 0 atom stereocenters. The number of halogens is 1. The third-order valence-corrected chi connectivity index (χ3v) is 6.34. The molecule has 0 saturated heterocycles. The van der Waals surface area contributed by atoms with Gasteiger partial charge in [0.05, 0.1) is 11.2 Å². The van der Waals surface area contributed by atoms with E-state index in [9.17, 15) is 9.18 Å². The molecule has 4 rings (SSSR count). The number of aromatic nitrogens is 2. The van der Waals surface area contributed by atoms with Crippen LogP contribution in [0.2, 0.25) is 0 Å². The highest BCUT2D eigenvalue weighted by Gasteiger charge is 2.21. The first-order chi connectivity index (χ1) is 14.2. The second-order valence-electron chi connectivity index (χ2n) is 6.34. The lowest BCUT2D eigenvalue weighted by atomic mass is 10.2. The molecule has 0 radical (unpaired) electrons. The first-order valence-corrected chi connectivity index (χ1v) is 10.9. The third-order valence-electron chi connectivity index (χ3n) is 4.28. The molecule has 7 heteroatoms. The van der Waals surface area contributed by atoms with Crippen LogP contribution in [0.3, 0.4) is 0 Å². The van der Waals surface area contributed by atoms with E-state index in [-0.39, 0.29) is 11.7 Å². The molecule has 0 spiro atoms.